The van der Waals surface area contributed by atoms with Gasteiger partial charge in [0.15, 0.2) is 0 Å². The van der Waals surface area contributed by atoms with Crippen molar-refractivity contribution in [2.45, 2.75) is 0 Å². The lowest BCUT2D eigenvalue weighted by atomic mass is 10.3. The van der Waals surface area contributed by atoms with E-state index >= 15 is 0 Å². The van der Waals surface area contributed by atoms with Crippen LogP contribution in [0.25, 0.3) is 10.3 Å². The first-order valence-electron chi connectivity index (χ1n) is 6.84. The van der Waals surface area contributed by atoms with Gasteiger partial charge in [0.1, 0.15) is 16.2 Å². The number of thiazole rings is 1. The second-order valence-corrected chi connectivity index (χ2v) is 5.64. The van der Waals surface area contributed by atoms with Gasteiger partial charge >= 0.3 is 0 Å². The van der Waals surface area contributed by atoms with Crippen molar-refractivity contribution in [3.05, 3.63) is 18.2 Å². The van der Waals surface area contributed by atoms with E-state index in [2.05, 4.69) is 20.4 Å². The molecular formula is C14H17N7S. The van der Waals surface area contributed by atoms with Crippen LogP contribution in [0.4, 0.5) is 16.6 Å². The number of rotatable bonds is 4. The van der Waals surface area contributed by atoms with E-state index in [1.165, 1.54) is 11.3 Å². The fraction of sp³-hybridized carbons (Fsp3) is 0.286. The molecule has 7 nitrogen and oxygen atoms in total. The molecule has 0 unspecified atom stereocenters. The molecule has 0 aromatic carbocycles. The highest BCUT2D eigenvalue weighted by atomic mass is 32.1. The number of hydrazone groups is 1. The van der Waals surface area contributed by atoms with Gasteiger partial charge in [-0.25, -0.2) is 15.0 Å². The zero-order valence-corrected chi connectivity index (χ0v) is 13.5. The van der Waals surface area contributed by atoms with Crippen LogP contribution in [0.2, 0.25) is 0 Å². The molecule has 0 amide bonds. The van der Waals surface area contributed by atoms with Crippen LogP contribution < -0.4 is 15.2 Å². The Bertz CT molecular complexity index is 762. The lowest BCUT2D eigenvalue weighted by Crippen LogP contribution is -2.18. The molecule has 3 rings (SSSR count). The van der Waals surface area contributed by atoms with Crippen LogP contribution in [-0.2, 0) is 0 Å². The van der Waals surface area contributed by atoms with Crippen molar-refractivity contribution in [1.29, 1.82) is 0 Å². The number of aliphatic imine (C=N–C) groups is 1. The topological polar surface area (TPSA) is 69.0 Å². The van der Waals surface area contributed by atoms with Crippen LogP contribution in [0.3, 0.4) is 0 Å². The number of hydrogen-bond acceptors (Lipinski definition) is 7. The zero-order valence-electron chi connectivity index (χ0n) is 12.7. The molecule has 0 saturated carbocycles. The summed E-state index contributed by atoms with van der Waals surface area (Å²) in [6, 6.07) is 1.97. The summed E-state index contributed by atoms with van der Waals surface area (Å²) in [7, 11) is 5.55. The van der Waals surface area contributed by atoms with Crippen LogP contribution >= 0.6 is 11.3 Å². The monoisotopic (exact) mass is 315 g/mol. The molecule has 3 heterocycles. The third-order valence-electron chi connectivity index (χ3n) is 3.19. The van der Waals surface area contributed by atoms with Crippen molar-refractivity contribution in [2.75, 3.05) is 42.9 Å². The molecule has 1 N–H and O–H groups in total. The van der Waals surface area contributed by atoms with E-state index in [4.69, 9.17) is 4.98 Å². The quantitative estimate of drug-likeness (QED) is 0.692. The van der Waals surface area contributed by atoms with Crippen molar-refractivity contribution < 1.29 is 0 Å². The summed E-state index contributed by atoms with van der Waals surface area (Å²) in [5.74, 6) is 0.802. The van der Waals surface area contributed by atoms with Crippen molar-refractivity contribution in [1.82, 2.24) is 9.97 Å². The van der Waals surface area contributed by atoms with Crippen LogP contribution in [0.5, 0.6) is 0 Å². The van der Waals surface area contributed by atoms with Gasteiger partial charge < -0.3 is 10.2 Å². The maximum absolute atomic E-state index is 4.72. The molecule has 1 aliphatic rings. The highest BCUT2D eigenvalue weighted by Crippen LogP contribution is 2.35. The summed E-state index contributed by atoms with van der Waals surface area (Å²) in [4.78, 5) is 16.2. The van der Waals surface area contributed by atoms with Gasteiger partial charge in [-0.1, -0.05) is 17.4 Å². The smallest absolute Gasteiger partial charge is 0.209 e. The van der Waals surface area contributed by atoms with E-state index in [-0.39, 0.29) is 0 Å². The molecule has 0 aliphatic carbocycles. The number of nitrogens with zero attached hydrogens (tertiary/aromatic N) is 6. The lowest BCUT2D eigenvalue weighted by molar-refractivity contribution is 0.930. The van der Waals surface area contributed by atoms with Gasteiger partial charge in [0.2, 0.25) is 5.13 Å². The van der Waals surface area contributed by atoms with E-state index in [0.29, 0.717) is 0 Å². The Morgan fingerprint density at radius 2 is 2.32 bits per heavy atom. The largest absolute Gasteiger partial charge is 0.373 e. The summed E-state index contributed by atoms with van der Waals surface area (Å²) >= 11 is 1.53. The number of pyridine rings is 1. The average molecular weight is 315 g/mol. The van der Waals surface area contributed by atoms with Gasteiger partial charge in [0.25, 0.3) is 0 Å². The molecule has 2 aromatic heterocycles. The fourth-order valence-electron chi connectivity index (χ4n) is 2.14. The van der Waals surface area contributed by atoms with E-state index in [1.54, 1.807) is 19.6 Å². The van der Waals surface area contributed by atoms with E-state index in [1.807, 2.05) is 42.2 Å². The number of aromatic nitrogens is 2. The van der Waals surface area contributed by atoms with Gasteiger partial charge in [-0.3, -0.25) is 4.99 Å². The fourth-order valence-corrected chi connectivity index (χ4v) is 3.07. The minimum absolute atomic E-state index is 0.719. The van der Waals surface area contributed by atoms with Crippen LogP contribution in [0.1, 0.15) is 0 Å². The van der Waals surface area contributed by atoms with Crippen molar-refractivity contribution in [2.24, 2.45) is 10.1 Å². The first-order valence-corrected chi connectivity index (χ1v) is 7.65. The average Bonchev–Trinajstić information content (AvgIpc) is 2.98. The molecule has 1 aliphatic heterocycles. The number of allylic oxidation sites excluding steroid dienone is 1. The predicted octanol–water partition coefficient (Wildman–Crippen LogP) is 2.19. The van der Waals surface area contributed by atoms with Crippen molar-refractivity contribution in [3.63, 3.8) is 0 Å². The maximum atomic E-state index is 4.72. The normalized spacial score (nSPS) is 14.2. The predicted molar refractivity (Wildman–Crippen MR) is 94.8 cm³/mol. The lowest BCUT2D eigenvalue weighted by Gasteiger charge is -2.15. The third kappa shape index (κ3) is 2.64. The first kappa shape index (κ1) is 14.5. The molecule has 0 saturated heterocycles. The number of hydrogen-bond donors (Lipinski definition) is 1. The van der Waals surface area contributed by atoms with Gasteiger partial charge in [0, 0.05) is 33.4 Å². The van der Waals surface area contributed by atoms with E-state index in [9.17, 15) is 0 Å². The van der Waals surface area contributed by atoms with Crippen LogP contribution in [-0.4, -0.2) is 50.2 Å². The van der Waals surface area contributed by atoms with Gasteiger partial charge in [-0.2, -0.15) is 5.10 Å². The van der Waals surface area contributed by atoms with E-state index < -0.39 is 0 Å². The Balaban J connectivity index is 2.11. The van der Waals surface area contributed by atoms with Crippen LogP contribution in [0, 0.1) is 0 Å². The summed E-state index contributed by atoms with van der Waals surface area (Å²) in [5, 5.41) is 10.1. The molecule has 0 spiro atoms. The standard InChI is InChI=1S/C14H17N7S/c1-15-9-20(3)10-8-11(16-2)18-13-12(10)19-14(22-13)21-7-5-4-6-17-21/h4-6,8-9H,7H2,1-3H3,(H,16,18). The molecule has 0 atom stereocenters. The Morgan fingerprint density at radius 3 is 3.00 bits per heavy atom. The molecule has 8 heteroatoms. The van der Waals surface area contributed by atoms with E-state index in [0.717, 1.165) is 33.5 Å². The highest BCUT2D eigenvalue weighted by Gasteiger charge is 2.17. The number of anilines is 3. The molecule has 0 fully saturated rings. The van der Waals surface area contributed by atoms with Crippen molar-refractivity contribution >= 4 is 50.9 Å². The van der Waals surface area contributed by atoms with Gasteiger partial charge in [0.05, 0.1) is 18.6 Å². The Hall–Kier alpha value is -2.48. The Labute approximate surface area is 132 Å². The molecule has 114 valence electrons. The Kier molecular flexibility index (Phi) is 4.01. The summed E-state index contributed by atoms with van der Waals surface area (Å²) < 4.78 is 0. The minimum Gasteiger partial charge on any atom is -0.373 e. The second kappa shape index (κ2) is 6.10. The Morgan fingerprint density at radius 1 is 1.45 bits per heavy atom. The highest BCUT2D eigenvalue weighted by molar-refractivity contribution is 7.21. The number of fused-ring (bicyclic) bond motifs is 1. The first-order chi connectivity index (χ1) is 10.7. The molecule has 0 bridgehead atoms. The molecular weight excluding hydrogens is 298 g/mol. The minimum atomic E-state index is 0.719. The second-order valence-electron chi connectivity index (χ2n) is 4.69. The van der Waals surface area contributed by atoms with Crippen LogP contribution in [0.15, 0.2) is 28.3 Å². The summed E-state index contributed by atoms with van der Waals surface area (Å²) in [6.45, 7) is 0.719. The number of nitrogens with one attached hydrogen (secondary N) is 1. The summed E-state index contributed by atoms with van der Waals surface area (Å²) in [5.41, 5.74) is 1.81. The van der Waals surface area contributed by atoms with Gasteiger partial charge in [-0.15, -0.1) is 0 Å². The van der Waals surface area contributed by atoms with Gasteiger partial charge in [-0.05, 0) is 6.08 Å². The molecule has 22 heavy (non-hydrogen) atoms. The zero-order chi connectivity index (χ0) is 15.5. The SMILES string of the molecule is CN=CN(C)c1cc(NC)nc2sc(N3CC=CC=N3)nc12. The van der Waals surface area contributed by atoms with Crippen molar-refractivity contribution in [3.8, 4) is 0 Å². The molecule has 2 aromatic rings. The molecule has 0 radical (unpaired) electrons. The third-order valence-corrected chi connectivity index (χ3v) is 4.15. The summed E-state index contributed by atoms with van der Waals surface area (Å²) in [6.07, 6.45) is 7.49. The maximum Gasteiger partial charge on any atom is 0.209 e.